The lowest BCUT2D eigenvalue weighted by Gasteiger charge is -2.55. The minimum absolute atomic E-state index is 0.225. The number of carbonyl (C=O) groups is 2. The second-order valence-corrected chi connectivity index (χ2v) is 6.65. The highest BCUT2D eigenvalue weighted by Gasteiger charge is 2.49. The number of carboxylic acids is 1. The van der Waals surface area contributed by atoms with Gasteiger partial charge in [0.25, 0.3) is 0 Å². The van der Waals surface area contributed by atoms with Crippen molar-refractivity contribution in [2.24, 2.45) is 23.2 Å². The molecule has 4 aliphatic carbocycles. The van der Waals surface area contributed by atoms with Crippen LogP contribution >= 0.6 is 0 Å². The van der Waals surface area contributed by atoms with Gasteiger partial charge in [-0.05, 0) is 67.8 Å². The second-order valence-electron chi connectivity index (χ2n) is 6.65. The van der Waals surface area contributed by atoms with Crippen LogP contribution in [0.15, 0.2) is 12.2 Å². The van der Waals surface area contributed by atoms with Gasteiger partial charge in [0.05, 0.1) is 0 Å². The average Bonchev–Trinajstić information content (AvgIpc) is 2.23. The van der Waals surface area contributed by atoms with E-state index in [2.05, 4.69) is 6.08 Å². The molecule has 98 valence electrons. The first-order chi connectivity index (χ1) is 8.55. The molecule has 0 amide bonds. The van der Waals surface area contributed by atoms with Crippen molar-refractivity contribution in [2.75, 3.05) is 0 Å². The van der Waals surface area contributed by atoms with Gasteiger partial charge in [0, 0.05) is 0 Å². The van der Waals surface area contributed by atoms with Crippen molar-refractivity contribution >= 4 is 11.8 Å². The molecule has 4 aliphatic rings. The summed E-state index contributed by atoms with van der Waals surface area (Å²) < 4.78 is 0. The zero-order valence-electron chi connectivity index (χ0n) is 10.6. The van der Waals surface area contributed by atoms with Crippen LogP contribution in [-0.4, -0.2) is 16.9 Å². The summed E-state index contributed by atoms with van der Waals surface area (Å²) in [7, 11) is 0. The van der Waals surface area contributed by atoms with Crippen molar-refractivity contribution < 1.29 is 14.7 Å². The fourth-order valence-corrected chi connectivity index (χ4v) is 4.86. The van der Waals surface area contributed by atoms with E-state index in [1.54, 1.807) is 6.08 Å². The molecule has 0 radical (unpaired) electrons. The monoisotopic (exact) mass is 248 g/mol. The quantitative estimate of drug-likeness (QED) is 0.615. The molecular weight excluding hydrogens is 228 g/mol. The molecule has 0 aromatic carbocycles. The van der Waals surface area contributed by atoms with Crippen molar-refractivity contribution in [1.29, 1.82) is 0 Å². The third-order valence-corrected chi connectivity index (χ3v) is 5.03. The van der Waals surface area contributed by atoms with Gasteiger partial charge in [0.15, 0.2) is 5.78 Å². The molecular formula is C15H20O3. The van der Waals surface area contributed by atoms with Crippen LogP contribution in [0.2, 0.25) is 0 Å². The average molecular weight is 248 g/mol. The number of aliphatic carboxylic acids is 1. The maximum absolute atomic E-state index is 11.5. The molecule has 4 rings (SSSR count). The Labute approximate surface area is 107 Å². The van der Waals surface area contributed by atoms with Crippen LogP contribution in [0, 0.1) is 23.2 Å². The van der Waals surface area contributed by atoms with Crippen LogP contribution in [0.25, 0.3) is 0 Å². The van der Waals surface area contributed by atoms with Gasteiger partial charge in [-0.15, -0.1) is 0 Å². The summed E-state index contributed by atoms with van der Waals surface area (Å²) in [6.45, 7) is 0. The maximum Gasteiger partial charge on any atom is 0.311 e. The molecule has 0 aromatic rings. The first-order valence-electron chi connectivity index (χ1n) is 6.98. The Morgan fingerprint density at radius 1 is 1.06 bits per heavy atom. The standard InChI is InChI=1S/C15H20O3/c16-13(6-14(17)18)1-2-15-7-10-3-11(8-15)5-12(4-10)9-15/h1-2,10-12H,3-9H2,(H,17,18)/b2-1+. The summed E-state index contributed by atoms with van der Waals surface area (Å²) in [5.74, 6) is 1.27. The molecule has 4 bridgehead atoms. The van der Waals surface area contributed by atoms with Gasteiger partial charge in [0.1, 0.15) is 6.42 Å². The third kappa shape index (κ3) is 2.23. The Hall–Kier alpha value is -1.12. The molecule has 4 fully saturated rings. The largest absolute Gasteiger partial charge is 0.481 e. The molecule has 0 aromatic heterocycles. The Morgan fingerprint density at radius 2 is 1.56 bits per heavy atom. The molecule has 3 heteroatoms. The Morgan fingerprint density at radius 3 is 2.00 bits per heavy atom. The summed E-state index contributed by atoms with van der Waals surface area (Å²) in [5.41, 5.74) is 0.225. The zero-order chi connectivity index (χ0) is 12.8. The molecule has 18 heavy (non-hydrogen) atoms. The molecule has 0 heterocycles. The minimum atomic E-state index is -1.03. The zero-order valence-corrected chi connectivity index (χ0v) is 10.6. The lowest BCUT2D eigenvalue weighted by molar-refractivity contribution is -0.139. The Kier molecular flexibility index (Phi) is 2.80. The summed E-state index contributed by atoms with van der Waals surface area (Å²) in [6, 6.07) is 0. The molecule has 0 unspecified atom stereocenters. The van der Waals surface area contributed by atoms with E-state index in [9.17, 15) is 9.59 Å². The van der Waals surface area contributed by atoms with Crippen molar-refractivity contribution in [3.63, 3.8) is 0 Å². The Balaban J connectivity index is 1.70. The summed E-state index contributed by atoms with van der Waals surface area (Å²) >= 11 is 0. The normalized spacial score (nSPS) is 41.4. The molecule has 3 nitrogen and oxygen atoms in total. The van der Waals surface area contributed by atoms with Crippen LogP contribution in [0.3, 0.4) is 0 Å². The van der Waals surface area contributed by atoms with Crippen LogP contribution in [0.4, 0.5) is 0 Å². The number of ketones is 1. The van der Waals surface area contributed by atoms with E-state index < -0.39 is 5.97 Å². The van der Waals surface area contributed by atoms with Gasteiger partial charge >= 0.3 is 5.97 Å². The molecule has 0 atom stereocenters. The number of hydrogen-bond acceptors (Lipinski definition) is 2. The topological polar surface area (TPSA) is 54.4 Å². The lowest BCUT2D eigenvalue weighted by atomic mass is 9.49. The summed E-state index contributed by atoms with van der Waals surface area (Å²) in [5, 5.41) is 8.59. The number of carboxylic acid groups (broad SMARTS) is 1. The first-order valence-corrected chi connectivity index (χ1v) is 6.98. The number of hydrogen-bond donors (Lipinski definition) is 1. The minimum Gasteiger partial charge on any atom is -0.481 e. The molecule has 4 saturated carbocycles. The summed E-state index contributed by atoms with van der Waals surface area (Å²) in [6.07, 6.45) is 11.0. The highest BCUT2D eigenvalue weighted by molar-refractivity contribution is 6.01. The molecule has 1 N–H and O–H groups in total. The number of rotatable bonds is 4. The van der Waals surface area contributed by atoms with E-state index in [4.69, 9.17) is 5.11 Å². The van der Waals surface area contributed by atoms with Gasteiger partial charge < -0.3 is 5.11 Å². The van der Waals surface area contributed by atoms with E-state index in [0.29, 0.717) is 0 Å². The van der Waals surface area contributed by atoms with Crippen LogP contribution in [-0.2, 0) is 9.59 Å². The van der Waals surface area contributed by atoms with Crippen molar-refractivity contribution in [3.05, 3.63) is 12.2 Å². The van der Waals surface area contributed by atoms with E-state index in [-0.39, 0.29) is 17.6 Å². The predicted octanol–water partition coefficient (Wildman–Crippen LogP) is 2.80. The van der Waals surface area contributed by atoms with Gasteiger partial charge in [-0.3, -0.25) is 9.59 Å². The molecule has 0 aliphatic heterocycles. The summed E-state index contributed by atoms with van der Waals surface area (Å²) in [4.78, 5) is 22.0. The van der Waals surface area contributed by atoms with E-state index in [1.807, 2.05) is 0 Å². The smallest absolute Gasteiger partial charge is 0.311 e. The fourth-order valence-electron chi connectivity index (χ4n) is 4.86. The van der Waals surface area contributed by atoms with E-state index >= 15 is 0 Å². The lowest BCUT2D eigenvalue weighted by Crippen LogP contribution is -2.45. The third-order valence-electron chi connectivity index (χ3n) is 5.03. The van der Waals surface area contributed by atoms with Gasteiger partial charge in [-0.1, -0.05) is 6.08 Å². The van der Waals surface area contributed by atoms with Crippen LogP contribution < -0.4 is 0 Å². The van der Waals surface area contributed by atoms with Crippen LogP contribution in [0.5, 0.6) is 0 Å². The molecule has 0 spiro atoms. The predicted molar refractivity (Wildman–Crippen MR) is 67.0 cm³/mol. The van der Waals surface area contributed by atoms with Crippen molar-refractivity contribution in [2.45, 2.75) is 44.9 Å². The van der Waals surface area contributed by atoms with Gasteiger partial charge in [-0.2, -0.15) is 0 Å². The highest BCUT2D eigenvalue weighted by atomic mass is 16.4. The highest BCUT2D eigenvalue weighted by Crippen LogP contribution is 2.60. The van der Waals surface area contributed by atoms with E-state index in [0.717, 1.165) is 17.8 Å². The number of carbonyl (C=O) groups excluding carboxylic acids is 1. The second kappa shape index (κ2) is 4.22. The van der Waals surface area contributed by atoms with Crippen molar-refractivity contribution in [3.8, 4) is 0 Å². The number of allylic oxidation sites excluding steroid dienone is 2. The van der Waals surface area contributed by atoms with Gasteiger partial charge in [0.2, 0.25) is 0 Å². The van der Waals surface area contributed by atoms with E-state index in [1.165, 1.54) is 38.5 Å². The fraction of sp³-hybridized carbons (Fsp3) is 0.733. The molecule has 0 saturated heterocycles. The first kappa shape index (κ1) is 11.9. The van der Waals surface area contributed by atoms with Gasteiger partial charge in [-0.25, -0.2) is 0 Å². The van der Waals surface area contributed by atoms with Crippen molar-refractivity contribution in [1.82, 2.24) is 0 Å². The maximum atomic E-state index is 11.5. The Bertz CT molecular complexity index is 373. The SMILES string of the molecule is O=C(O)CC(=O)/C=C/C12CC3CC(CC(C3)C1)C2. The van der Waals surface area contributed by atoms with Crippen LogP contribution in [0.1, 0.15) is 44.9 Å².